The van der Waals surface area contributed by atoms with Crippen molar-refractivity contribution in [3.63, 3.8) is 0 Å². The molecule has 1 rings (SSSR count). The molecule has 0 aromatic heterocycles. The second-order valence-corrected chi connectivity index (χ2v) is 22.8. The Morgan fingerprint density at radius 2 is 0.779 bits per heavy atom. The lowest BCUT2D eigenvalue weighted by molar-refractivity contribution is -0.303. The zero-order valence-corrected chi connectivity index (χ0v) is 49.7. The topological polar surface area (TPSA) is 189 Å². The third kappa shape index (κ3) is 42.6. The first-order valence-electron chi connectivity index (χ1n) is 32.5. The van der Waals surface area contributed by atoms with E-state index in [1.807, 2.05) is 0 Å². The Bertz CT molecular complexity index is 1390. The molecule has 1 amide bonds. The molecule has 1 fully saturated rings. The zero-order chi connectivity index (χ0) is 56.1. The molecular formula is C66H123NO10. The molecular weight excluding hydrogens is 967 g/mol. The number of carbonyl (C=O) groups is 1. The SMILES string of the molecule is CCCCCCCCC/C=C/CC/C=C/CC/C=C/CCCC(O)C(O)C(COC1OC(CO)C(O)C(O)C1O)NC(=O)C(O)CCCCCCCCCCCCCCCC/C=C\CCCCCCCCCCCCCC. The molecule has 11 heteroatoms. The number of carbonyl (C=O) groups excluding carboxylic acids is 1. The third-order valence-corrected chi connectivity index (χ3v) is 15.6. The smallest absolute Gasteiger partial charge is 0.249 e. The van der Waals surface area contributed by atoms with Crippen LogP contribution in [-0.2, 0) is 14.3 Å². The van der Waals surface area contributed by atoms with Crippen LogP contribution < -0.4 is 5.32 Å². The maximum Gasteiger partial charge on any atom is 0.249 e. The molecule has 1 aliphatic heterocycles. The molecule has 1 aliphatic rings. The summed E-state index contributed by atoms with van der Waals surface area (Å²) >= 11 is 0. The van der Waals surface area contributed by atoms with Crippen LogP contribution in [0.1, 0.15) is 296 Å². The quantitative estimate of drug-likeness (QED) is 0.0215. The maximum absolute atomic E-state index is 13.2. The summed E-state index contributed by atoms with van der Waals surface area (Å²) in [5.41, 5.74) is 0. The number of amides is 1. The Kier molecular flexibility index (Phi) is 51.9. The average molecular weight is 1090 g/mol. The van der Waals surface area contributed by atoms with Crippen LogP contribution in [-0.4, -0.2) is 110 Å². The second kappa shape index (κ2) is 54.6. The van der Waals surface area contributed by atoms with Gasteiger partial charge in [0.05, 0.1) is 25.4 Å². The van der Waals surface area contributed by atoms with Gasteiger partial charge in [0.15, 0.2) is 6.29 Å². The zero-order valence-electron chi connectivity index (χ0n) is 49.7. The second-order valence-electron chi connectivity index (χ2n) is 22.8. The van der Waals surface area contributed by atoms with Gasteiger partial charge in [-0.1, -0.05) is 255 Å². The fraction of sp³-hybridized carbons (Fsp3) is 0.864. The lowest BCUT2D eigenvalue weighted by atomic mass is 9.98. The van der Waals surface area contributed by atoms with Crippen molar-refractivity contribution in [3.8, 4) is 0 Å². The summed E-state index contributed by atoms with van der Waals surface area (Å²) in [5, 5.41) is 76.3. The largest absolute Gasteiger partial charge is 0.394 e. The molecule has 1 saturated heterocycles. The van der Waals surface area contributed by atoms with Gasteiger partial charge < -0.3 is 50.5 Å². The van der Waals surface area contributed by atoms with E-state index >= 15 is 0 Å². The van der Waals surface area contributed by atoms with Crippen molar-refractivity contribution in [2.45, 2.75) is 351 Å². The van der Waals surface area contributed by atoms with Crippen LogP contribution in [0.4, 0.5) is 0 Å². The number of nitrogens with one attached hydrogen (secondary N) is 1. The van der Waals surface area contributed by atoms with Crippen molar-refractivity contribution in [1.29, 1.82) is 0 Å². The molecule has 0 saturated carbocycles. The summed E-state index contributed by atoms with van der Waals surface area (Å²) < 4.78 is 11.1. The number of aliphatic hydroxyl groups is 7. The fourth-order valence-corrected chi connectivity index (χ4v) is 10.3. The van der Waals surface area contributed by atoms with E-state index in [2.05, 4.69) is 67.8 Å². The highest BCUT2D eigenvalue weighted by atomic mass is 16.7. The van der Waals surface area contributed by atoms with Crippen molar-refractivity contribution in [2.24, 2.45) is 0 Å². The minimum Gasteiger partial charge on any atom is -0.394 e. The van der Waals surface area contributed by atoms with Crippen LogP contribution in [0.5, 0.6) is 0 Å². The lowest BCUT2D eigenvalue weighted by Gasteiger charge is -2.40. The van der Waals surface area contributed by atoms with E-state index in [1.54, 1.807) is 0 Å². The monoisotopic (exact) mass is 1090 g/mol. The number of hydrogen-bond acceptors (Lipinski definition) is 10. The summed E-state index contributed by atoms with van der Waals surface area (Å²) in [5.74, 6) is -0.710. The van der Waals surface area contributed by atoms with Gasteiger partial charge in [-0.25, -0.2) is 0 Å². The van der Waals surface area contributed by atoms with Gasteiger partial charge in [0.2, 0.25) is 5.91 Å². The van der Waals surface area contributed by atoms with E-state index in [1.165, 1.54) is 205 Å². The predicted octanol–water partition coefficient (Wildman–Crippen LogP) is 14.8. The van der Waals surface area contributed by atoms with Gasteiger partial charge in [-0.3, -0.25) is 4.79 Å². The molecule has 77 heavy (non-hydrogen) atoms. The Morgan fingerprint density at radius 3 is 1.16 bits per heavy atom. The average Bonchev–Trinajstić information content (AvgIpc) is 3.43. The first-order valence-corrected chi connectivity index (χ1v) is 32.5. The molecule has 8 N–H and O–H groups in total. The van der Waals surface area contributed by atoms with Crippen molar-refractivity contribution in [1.82, 2.24) is 5.32 Å². The first kappa shape index (κ1) is 73.1. The number of rotatable bonds is 56. The minimum atomic E-state index is -1.67. The molecule has 1 heterocycles. The van der Waals surface area contributed by atoms with Gasteiger partial charge in [-0.15, -0.1) is 0 Å². The highest BCUT2D eigenvalue weighted by molar-refractivity contribution is 5.80. The van der Waals surface area contributed by atoms with E-state index < -0.39 is 74.2 Å². The molecule has 0 radical (unpaired) electrons. The van der Waals surface area contributed by atoms with Gasteiger partial charge in [-0.2, -0.15) is 0 Å². The van der Waals surface area contributed by atoms with Crippen molar-refractivity contribution >= 4 is 5.91 Å². The van der Waals surface area contributed by atoms with Gasteiger partial charge in [0.1, 0.15) is 36.6 Å². The minimum absolute atomic E-state index is 0.241. The van der Waals surface area contributed by atoms with Gasteiger partial charge in [0.25, 0.3) is 0 Å². The van der Waals surface area contributed by atoms with Crippen LogP contribution in [0.15, 0.2) is 48.6 Å². The molecule has 9 unspecified atom stereocenters. The molecule has 9 atom stereocenters. The Balaban J connectivity index is 2.25. The van der Waals surface area contributed by atoms with Gasteiger partial charge in [-0.05, 0) is 89.9 Å². The van der Waals surface area contributed by atoms with E-state index in [0.717, 1.165) is 44.9 Å². The molecule has 0 aliphatic carbocycles. The van der Waals surface area contributed by atoms with Crippen LogP contribution >= 0.6 is 0 Å². The maximum atomic E-state index is 13.2. The van der Waals surface area contributed by atoms with E-state index in [4.69, 9.17) is 9.47 Å². The molecule has 0 aromatic carbocycles. The molecule has 0 spiro atoms. The summed E-state index contributed by atoms with van der Waals surface area (Å²) in [7, 11) is 0. The van der Waals surface area contributed by atoms with Crippen LogP contribution in [0, 0.1) is 0 Å². The van der Waals surface area contributed by atoms with Crippen LogP contribution in [0.3, 0.4) is 0 Å². The number of unbranched alkanes of at least 4 members (excludes halogenated alkanes) is 36. The summed E-state index contributed by atoms with van der Waals surface area (Å²) in [6, 6.07) is -1.20. The summed E-state index contributed by atoms with van der Waals surface area (Å²) in [6.45, 7) is 3.46. The van der Waals surface area contributed by atoms with Gasteiger partial charge in [0, 0.05) is 0 Å². The molecule has 11 nitrogen and oxygen atoms in total. The molecule has 0 bridgehead atoms. The number of aliphatic hydroxyl groups excluding tert-OH is 7. The predicted molar refractivity (Wildman–Crippen MR) is 321 cm³/mol. The van der Waals surface area contributed by atoms with Crippen molar-refractivity contribution < 1.29 is 50.0 Å². The Morgan fingerprint density at radius 1 is 0.442 bits per heavy atom. The third-order valence-electron chi connectivity index (χ3n) is 15.6. The first-order chi connectivity index (χ1) is 37.7. The van der Waals surface area contributed by atoms with E-state index in [-0.39, 0.29) is 12.8 Å². The van der Waals surface area contributed by atoms with Gasteiger partial charge >= 0.3 is 0 Å². The Hall–Kier alpha value is -1.93. The Labute approximate surface area is 472 Å². The van der Waals surface area contributed by atoms with Crippen molar-refractivity contribution in [3.05, 3.63) is 48.6 Å². The molecule has 0 aromatic rings. The highest BCUT2D eigenvalue weighted by Gasteiger charge is 2.44. The number of ether oxygens (including phenoxy) is 2. The fourth-order valence-electron chi connectivity index (χ4n) is 10.3. The van der Waals surface area contributed by atoms with Crippen molar-refractivity contribution in [2.75, 3.05) is 13.2 Å². The summed E-state index contributed by atoms with van der Waals surface area (Å²) in [4.78, 5) is 13.2. The van der Waals surface area contributed by atoms with E-state index in [0.29, 0.717) is 19.3 Å². The van der Waals surface area contributed by atoms with E-state index in [9.17, 15) is 40.5 Å². The number of hydrogen-bond donors (Lipinski definition) is 8. The summed E-state index contributed by atoms with van der Waals surface area (Å²) in [6.07, 6.45) is 59.0. The highest BCUT2D eigenvalue weighted by Crippen LogP contribution is 2.23. The van der Waals surface area contributed by atoms with Crippen LogP contribution in [0.2, 0.25) is 0 Å². The lowest BCUT2D eigenvalue weighted by Crippen LogP contribution is -2.60. The number of allylic oxidation sites excluding steroid dienone is 8. The normalized spacial score (nSPS) is 19.8. The standard InChI is InChI=1S/C66H123NO10/c1-3-5-7-9-11-13-15-17-19-21-23-25-26-27-28-29-30-31-32-33-34-36-38-40-42-44-46-48-50-52-54-59(70)65(75)67-57(56-76-66-64(74)63(73)62(72)60(55-68)77-66)61(71)58(69)53-51-49-47-45-43-41-39-37-35-24-22-20-18-16-14-12-10-8-6-4-2/h20,22,27-28,37,39,45,47,57-64,66,68-74H,3-19,21,23-26,29-36,38,40-44,46,48-56H2,1-2H3,(H,67,75)/b22-20+,28-27-,39-37+,47-45+. The van der Waals surface area contributed by atoms with Crippen LogP contribution in [0.25, 0.3) is 0 Å². The molecule has 452 valence electrons.